The third-order valence-corrected chi connectivity index (χ3v) is 7.05. The molecule has 0 N–H and O–H groups in total. The van der Waals surface area contributed by atoms with Gasteiger partial charge >= 0.3 is 0 Å². The molecule has 3 rings (SSSR count). The Morgan fingerprint density at radius 3 is 2.56 bits per heavy atom. The van der Waals surface area contributed by atoms with Gasteiger partial charge in [-0.05, 0) is 25.5 Å². The topological polar surface area (TPSA) is 73.8 Å². The van der Waals surface area contributed by atoms with Gasteiger partial charge in [0.25, 0.3) is 0 Å². The Hall–Kier alpha value is -1.67. The second-order valence-corrected chi connectivity index (χ2v) is 9.12. The molecule has 1 aromatic rings. The van der Waals surface area contributed by atoms with Crippen LogP contribution in [0.4, 0.5) is 5.82 Å². The highest BCUT2D eigenvalue weighted by atomic mass is 32.2. The maximum absolute atomic E-state index is 12.8. The Morgan fingerprint density at radius 1 is 1.28 bits per heavy atom. The van der Waals surface area contributed by atoms with Gasteiger partial charge in [-0.15, -0.1) is 0 Å². The van der Waals surface area contributed by atoms with Crippen LogP contribution in [0.5, 0.6) is 0 Å². The number of rotatable bonds is 4. The van der Waals surface area contributed by atoms with Gasteiger partial charge in [0.15, 0.2) is 9.84 Å². The Morgan fingerprint density at radius 2 is 2.00 bits per heavy atom. The molecular formula is C17H26N4O3S. The number of sulfone groups is 1. The summed E-state index contributed by atoms with van der Waals surface area (Å²) in [5.74, 6) is 1.25. The van der Waals surface area contributed by atoms with Crippen molar-refractivity contribution >= 4 is 21.6 Å². The predicted molar refractivity (Wildman–Crippen MR) is 97.3 cm³/mol. The average molecular weight is 366 g/mol. The number of likely N-dealkylation sites (N-methyl/N-ethyl adjacent to an activating group) is 1. The second kappa shape index (κ2) is 7.29. The van der Waals surface area contributed by atoms with Gasteiger partial charge in [-0.2, -0.15) is 0 Å². The number of hydrogen-bond donors (Lipinski definition) is 0. The van der Waals surface area contributed by atoms with E-state index in [0.717, 1.165) is 32.0 Å². The minimum absolute atomic E-state index is 0.00776. The van der Waals surface area contributed by atoms with Gasteiger partial charge in [0.1, 0.15) is 5.82 Å². The van der Waals surface area contributed by atoms with Gasteiger partial charge in [0, 0.05) is 45.5 Å². The van der Waals surface area contributed by atoms with E-state index < -0.39 is 9.84 Å². The Labute approximate surface area is 149 Å². The molecule has 1 amide bonds. The van der Waals surface area contributed by atoms with Crippen molar-refractivity contribution in [3.8, 4) is 0 Å². The lowest BCUT2D eigenvalue weighted by molar-refractivity contribution is -0.136. The molecule has 0 spiro atoms. The van der Waals surface area contributed by atoms with Gasteiger partial charge in [-0.1, -0.05) is 6.07 Å². The maximum Gasteiger partial charge on any atom is 0.239 e. The fourth-order valence-corrected chi connectivity index (χ4v) is 5.37. The van der Waals surface area contributed by atoms with E-state index in [1.165, 1.54) is 0 Å². The van der Waals surface area contributed by atoms with Gasteiger partial charge in [-0.3, -0.25) is 9.69 Å². The molecule has 8 heteroatoms. The minimum Gasteiger partial charge on any atom is -0.354 e. The molecule has 3 heterocycles. The minimum atomic E-state index is -2.98. The van der Waals surface area contributed by atoms with Gasteiger partial charge in [0.05, 0.1) is 17.5 Å². The van der Waals surface area contributed by atoms with Crippen LogP contribution in [0.1, 0.15) is 13.3 Å². The molecule has 2 fully saturated rings. The number of aromatic nitrogens is 1. The number of amides is 1. The van der Waals surface area contributed by atoms with Crippen LogP contribution in [0.25, 0.3) is 0 Å². The standard InChI is InChI=1S/C17H26N4O3S/c1-14(17(22)19(2)15-6-12-25(23,24)13-15)20-8-10-21(11-9-20)16-5-3-4-7-18-16/h3-5,7,14-15H,6,8-13H2,1-2H3. The van der Waals surface area contributed by atoms with E-state index in [0.29, 0.717) is 6.42 Å². The Kier molecular flexibility index (Phi) is 5.29. The van der Waals surface area contributed by atoms with E-state index in [4.69, 9.17) is 0 Å². The molecule has 0 radical (unpaired) electrons. The van der Waals surface area contributed by atoms with E-state index in [2.05, 4.69) is 14.8 Å². The van der Waals surface area contributed by atoms with E-state index >= 15 is 0 Å². The average Bonchev–Trinajstić information content (AvgIpc) is 3.00. The summed E-state index contributed by atoms with van der Waals surface area (Å²) in [6.07, 6.45) is 2.34. The van der Waals surface area contributed by atoms with E-state index in [9.17, 15) is 13.2 Å². The second-order valence-electron chi connectivity index (χ2n) is 6.89. The number of carbonyl (C=O) groups excluding carboxylic acids is 1. The zero-order chi connectivity index (χ0) is 18.0. The fourth-order valence-electron chi connectivity index (χ4n) is 3.59. The summed E-state index contributed by atoms with van der Waals surface area (Å²) in [4.78, 5) is 23.2. The van der Waals surface area contributed by atoms with Gasteiger partial charge < -0.3 is 9.80 Å². The van der Waals surface area contributed by atoms with Crippen LogP contribution in [0.15, 0.2) is 24.4 Å². The Bertz CT molecular complexity index is 702. The lowest BCUT2D eigenvalue weighted by Crippen LogP contribution is -2.55. The van der Waals surface area contributed by atoms with Crippen molar-refractivity contribution in [3.05, 3.63) is 24.4 Å². The third kappa shape index (κ3) is 4.12. The first-order chi connectivity index (χ1) is 11.9. The van der Waals surface area contributed by atoms with Gasteiger partial charge in [-0.25, -0.2) is 13.4 Å². The quantitative estimate of drug-likeness (QED) is 0.760. The van der Waals surface area contributed by atoms with Crippen LogP contribution in [0, 0.1) is 0 Å². The highest BCUT2D eigenvalue weighted by Gasteiger charge is 2.35. The number of piperazine rings is 1. The monoisotopic (exact) mass is 366 g/mol. The number of pyridine rings is 1. The number of carbonyl (C=O) groups is 1. The largest absolute Gasteiger partial charge is 0.354 e. The molecule has 0 aliphatic carbocycles. The number of hydrogen-bond acceptors (Lipinski definition) is 6. The predicted octanol–water partition coefficient (Wildman–Crippen LogP) is 0.238. The highest BCUT2D eigenvalue weighted by Crippen LogP contribution is 2.19. The van der Waals surface area contributed by atoms with Crippen LogP contribution in [-0.2, 0) is 14.6 Å². The highest BCUT2D eigenvalue weighted by molar-refractivity contribution is 7.91. The van der Waals surface area contributed by atoms with Crippen molar-refractivity contribution in [2.45, 2.75) is 25.4 Å². The van der Waals surface area contributed by atoms with Crippen LogP contribution in [-0.4, -0.2) is 85.9 Å². The molecule has 0 saturated carbocycles. The molecule has 0 bridgehead atoms. The molecule has 138 valence electrons. The lowest BCUT2D eigenvalue weighted by atomic mass is 10.1. The maximum atomic E-state index is 12.8. The Balaban J connectivity index is 1.55. The van der Waals surface area contributed by atoms with Crippen molar-refractivity contribution in [2.24, 2.45) is 0 Å². The summed E-state index contributed by atoms with van der Waals surface area (Å²) >= 11 is 0. The lowest BCUT2D eigenvalue weighted by Gasteiger charge is -2.39. The van der Waals surface area contributed by atoms with Crippen LogP contribution < -0.4 is 4.90 Å². The zero-order valence-corrected chi connectivity index (χ0v) is 15.7. The summed E-state index contributed by atoms with van der Waals surface area (Å²) in [5, 5.41) is 0. The molecule has 0 aromatic carbocycles. The van der Waals surface area contributed by atoms with Crippen LogP contribution in [0.2, 0.25) is 0 Å². The molecule has 25 heavy (non-hydrogen) atoms. The molecule has 1 aromatic heterocycles. The van der Waals surface area contributed by atoms with Gasteiger partial charge in [0.2, 0.25) is 5.91 Å². The van der Waals surface area contributed by atoms with Crippen molar-refractivity contribution in [2.75, 3.05) is 49.6 Å². The van der Waals surface area contributed by atoms with Crippen molar-refractivity contribution in [1.82, 2.24) is 14.8 Å². The van der Waals surface area contributed by atoms with Crippen LogP contribution >= 0.6 is 0 Å². The van der Waals surface area contributed by atoms with E-state index in [-0.39, 0.29) is 29.5 Å². The fraction of sp³-hybridized carbons (Fsp3) is 0.647. The molecule has 2 aliphatic heterocycles. The third-order valence-electron chi connectivity index (χ3n) is 5.30. The first-order valence-corrected chi connectivity index (χ1v) is 10.6. The smallest absolute Gasteiger partial charge is 0.239 e. The van der Waals surface area contributed by atoms with Crippen molar-refractivity contribution in [3.63, 3.8) is 0 Å². The summed E-state index contributed by atoms with van der Waals surface area (Å²) in [6, 6.07) is 5.46. The van der Waals surface area contributed by atoms with E-state index in [1.807, 2.05) is 25.1 Å². The molecule has 2 unspecified atom stereocenters. The van der Waals surface area contributed by atoms with Crippen molar-refractivity contribution in [1.29, 1.82) is 0 Å². The summed E-state index contributed by atoms with van der Waals surface area (Å²) in [6.45, 7) is 5.16. The molecule has 2 saturated heterocycles. The molecule has 7 nitrogen and oxygen atoms in total. The van der Waals surface area contributed by atoms with E-state index in [1.54, 1.807) is 18.1 Å². The number of nitrogens with zero attached hydrogens (tertiary/aromatic N) is 4. The van der Waals surface area contributed by atoms with Crippen molar-refractivity contribution < 1.29 is 13.2 Å². The molecular weight excluding hydrogens is 340 g/mol. The van der Waals surface area contributed by atoms with Crippen LogP contribution in [0.3, 0.4) is 0 Å². The zero-order valence-electron chi connectivity index (χ0n) is 14.8. The molecule has 2 atom stereocenters. The summed E-state index contributed by atoms with van der Waals surface area (Å²) < 4.78 is 23.3. The normalized spacial score (nSPS) is 24.9. The summed E-state index contributed by atoms with van der Waals surface area (Å²) in [5.41, 5.74) is 0. The first kappa shape index (κ1) is 18.1. The first-order valence-electron chi connectivity index (χ1n) is 8.74. The SMILES string of the molecule is CC(C(=O)N(C)C1CCS(=O)(=O)C1)N1CCN(c2ccccn2)CC1. The summed E-state index contributed by atoms with van der Waals surface area (Å²) in [7, 11) is -1.25. The molecule has 2 aliphatic rings. The number of anilines is 1.